The van der Waals surface area contributed by atoms with E-state index in [-0.39, 0.29) is 5.91 Å². The van der Waals surface area contributed by atoms with Crippen molar-refractivity contribution in [2.24, 2.45) is 0 Å². The molecule has 2 N–H and O–H groups in total. The average Bonchev–Trinajstić information content (AvgIpc) is 1.85. The van der Waals surface area contributed by atoms with Crippen LogP contribution in [0.25, 0.3) is 0 Å². The number of carbonyl (C=O) groups is 2. The standard InChI is InChI=1S/C7H9NO3/c1-6(9)8-5-3-2-4-7(10)11/h2-5H,1H3,(H,8,9)(H,10,11). The van der Waals surface area contributed by atoms with Gasteiger partial charge in [-0.2, -0.15) is 0 Å². The van der Waals surface area contributed by atoms with E-state index in [2.05, 4.69) is 5.32 Å². The minimum Gasteiger partial charge on any atom is -0.478 e. The van der Waals surface area contributed by atoms with Crippen molar-refractivity contribution in [1.29, 1.82) is 0 Å². The van der Waals surface area contributed by atoms with Crippen molar-refractivity contribution in [3.63, 3.8) is 0 Å². The van der Waals surface area contributed by atoms with Crippen molar-refractivity contribution in [1.82, 2.24) is 5.32 Å². The number of carboxylic acids is 1. The maximum absolute atomic E-state index is 10.2. The van der Waals surface area contributed by atoms with Crippen molar-refractivity contribution in [3.05, 3.63) is 24.4 Å². The summed E-state index contributed by atoms with van der Waals surface area (Å²) in [7, 11) is 0. The van der Waals surface area contributed by atoms with E-state index >= 15 is 0 Å². The number of allylic oxidation sites excluding steroid dienone is 2. The van der Waals surface area contributed by atoms with Crippen molar-refractivity contribution in [3.8, 4) is 0 Å². The van der Waals surface area contributed by atoms with Gasteiger partial charge < -0.3 is 10.4 Å². The van der Waals surface area contributed by atoms with Gasteiger partial charge >= 0.3 is 5.97 Å². The fraction of sp³-hybridized carbons (Fsp3) is 0.143. The van der Waals surface area contributed by atoms with Gasteiger partial charge in [-0.1, -0.05) is 6.08 Å². The highest BCUT2D eigenvalue weighted by Crippen LogP contribution is 1.74. The Labute approximate surface area is 64.2 Å². The van der Waals surface area contributed by atoms with Crippen LogP contribution in [-0.2, 0) is 9.59 Å². The summed E-state index contributed by atoms with van der Waals surface area (Å²) in [6, 6.07) is 0. The highest BCUT2D eigenvalue weighted by atomic mass is 16.4. The Hall–Kier alpha value is -1.58. The summed E-state index contributed by atoms with van der Waals surface area (Å²) in [6.07, 6.45) is 5.08. The minimum atomic E-state index is -1.02. The molecule has 0 saturated heterocycles. The first-order chi connectivity index (χ1) is 5.13. The topological polar surface area (TPSA) is 66.4 Å². The third-order valence-corrected chi connectivity index (χ3v) is 0.733. The maximum atomic E-state index is 10.2. The Morgan fingerprint density at radius 2 is 2.00 bits per heavy atom. The summed E-state index contributed by atoms with van der Waals surface area (Å²) >= 11 is 0. The van der Waals surface area contributed by atoms with Crippen LogP contribution in [0.2, 0.25) is 0 Å². The molecule has 4 nitrogen and oxygen atoms in total. The largest absolute Gasteiger partial charge is 0.478 e. The molecule has 0 aliphatic carbocycles. The molecule has 0 fully saturated rings. The summed E-state index contributed by atoms with van der Waals surface area (Å²) in [4.78, 5) is 20.1. The second-order valence-electron chi connectivity index (χ2n) is 1.76. The van der Waals surface area contributed by atoms with Crippen LogP contribution in [0.4, 0.5) is 0 Å². The Morgan fingerprint density at radius 1 is 1.36 bits per heavy atom. The number of hydrogen-bond acceptors (Lipinski definition) is 2. The van der Waals surface area contributed by atoms with E-state index in [9.17, 15) is 9.59 Å². The predicted octanol–water partition coefficient (Wildman–Crippen LogP) is 0.277. The Balaban J connectivity index is 3.60. The number of nitrogens with one attached hydrogen (secondary N) is 1. The van der Waals surface area contributed by atoms with Gasteiger partial charge in [-0.05, 0) is 6.08 Å². The molecule has 0 aliphatic heterocycles. The summed E-state index contributed by atoms with van der Waals surface area (Å²) < 4.78 is 0. The third kappa shape index (κ3) is 8.42. The van der Waals surface area contributed by atoms with Crippen LogP contribution >= 0.6 is 0 Å². The van der Waals surface area contributed by atoms with Gasteiger partial charge in [-0.15, -0.1) is 0 Å². The molecular formula is C7H9NO3. The zero-order valence-corrected chi connectivity index (χ0v) is 6.07. The lowest BCUT2D eigenvalue weighted by Crippen LogP contribution is -2.10. The number of rotatable bonds is 3. The average molecular weight is 155 g/mol. The fourth-order valence-corrected chi connectivity index (χ4v) is 0.359. The van der Waals surface area contributed by atoms with E-state index < -0.39 is 5.97 Å². The van der Waals surface area contributed by atoms with Gasteiger partial charge in [0.05, 0.1) is 0 Å². The molecular weight excluding hydrogens is 146 g/mol. The molecule has 0 aliphatic rings. The molecule has 0 radical (unpaired) electrons. The molecule has 11 heavy (non-hydrogen) atoms. The number of aliphatic carboxylic acids is 1. The molecule has 0 unspecified atom stereocenters. The zero-order valence-electron chi connectivity index (χ0n) is 6.07. The van der Waals surface area contributed by atoms with E-state index in [1.54, 1.807) is 0 Å². The quantitative estimate of drug-likeness (QED) is 0.454. The van der Waals surface area contributed by atoms with Crippen molar-refractivity contribution in [2.45, 2.75) is 6.92 Å². The Bertz CT molecular complexity index is 206. The normalized spacial score (nSPS) is 10.6. The maximum Gasteiger partial charge on any atom is 0.328 e. The molecule has 0 saturated carbocycles. The van der Waals surface area contributed by atoms with Gasteiger partial charge in [0.2, 0.25) is 5.91 Å². The second kappa shape index (κ2) is 5.22. The molecule has 1 amide bonds. The van der Waals surface area contributed by atoms with Crippen LogP contribution in [0, 0.1) is 0 Å². The van der Waals surface area contributed by atoms with Gasteiger partial charge in [0, 0.05) is 19.2 Å². The number of amides is 1. The molecule has 0 aromatic heterocycles. The van der Waals surface area contributed by atoms with Crippen molar-refractivity contribution >= 4 is 11.9 Å². The molecule has 0 aromatic rings. The van der Waals surface area contributed by atoms with Crippen LogP contribution in [0.15, 0.2) is 24.4 Å². The third-order valence-electron chi connectivity index (χ3n) is 0.733. The summed E-state index contributed by atoms with van der Waals surface area (Å²) in [6.45, 7) is 1.37. The lowest BCUT2D eigenvalue weighted by atomic mass is 10.5. The minimum absolute atomic E-state index is 0.190. The van der Waals surface area contributed by atoms with Crippen molar-refractivity contribution < 1.29 is 14.7 Å². The molecule has 0 aromatic carbocycles. The highest BCUT2D eigenvalue weighted by Gasteiger charge is 1.81. The van der Waals surface area contributed by atoms with Crippen LogP contribution in [0.5, 0.6) is 0 Å². The Morgan fingerprint density at radius 3 is 2.45 bits per heavy atom. The first kappa shape index (κ1) is 9.42. The van der Waals surface area contributed by atoms with Gasteiger partial charge in [0.1, 0.15) is 0 Å². The SMILES string of the molecule is CC(=O)NC=CC=CC(=O)O. The summed E-state index contributed by atoms with van der Waals surface area (Å²) in [5.41, 5.74) is 0. The molecule has 0 atom stereocenters. The lowest BCUT2D eigenvalue weighted by Gasteiger charge is -1.86. The van der Waals surface area contributed by atoms with Crippen molar-refractivity contribution in [2.75, 3.05) is 0 Å². The first-order valence-corrected chi connectivity index (χ1v) is 2.96. The summed E-state index contributed by atoms with van der Waals surface area (Å²) in [5.74, 6) is -1.21. The van der Waals surface area contributed by atoms with E-state index in [1.165, 1.54) is 25.3 Å². The van der Waals surface area contributed by atoms with Gasteiger partial charge in [-0.3, -0.25) is 4.79 Å². The molecule has 60 valence electrons. The fourth-order valence-electron chi connectivity index (χ4n) is 0.359. The van der Waals surface area contributed by atoms with Gasteiger partial charge in [0.25, 0.3) is 0 Å². The van der Waals surface area contributed by atoms with Gasteiger partial charge in [-0.25, -0.2) is 4.79 Å². The smallest absolute Gasteiger partial charge is 0.328 e. The lowest BCUT2D eigenvalue weighted by molar-refractivity contribution is -0.131. The second-order valence-corrected chi connectivity index (χ2v) is 1.76. The molecule has 0 rings (SSSR count). The first-order valence-electron chi connectivity index (χ1n) is 2.96. The number of carbonyl (C=O) groups excluding carboxylic acids is 1. The monoisotopic (exact) mass is 155 g/mol. The van der Waals surface area contributed by atoms with Crippen LogP contribution < -0.4 is 5.32 Å². The highest BCUT2D eigenvalue weighted by molar-refractivity contribution is 5.80. The van der Waals surface area contributed by atoms with E-state index in [1.807, 2.05) is 0 Å². The zero-order chi connectivity index (χ0) is 8.69. The molecule has 0 heterocycles. The van der Waals surface area contributed by atoms with Crippen LogP contribution in [0.1, 0.15) is 6.92 Å². The van der Waals surface area contributed by atoms with E-state index in [0.29, 0.717) is 0 Å². The predicted molar refractivity (Wildman–Crippen MR) is 39.7 cm³/mol. The van der Waals surface area contributed by atoms with E-state index in [0.717, 1.165) is 6.08 Å². The molecule has 4 heteroatoms. The van der Waals surface area contributed by atoms with E-state index in [4.69, 9.17) is 5.11 Å². The molecule has 0 bridgehead atoms. The summed E-state index contributed by atoms with van der Waals surface area (Å²) in [5, 5.41) is 10.5. The Kier molecular flexibility index (Phi) is 4.47. The van der Waals surface area contributed by atoms with Gasteiger partial charge in [0.15, 0.2) is 0 Å². The van der Waals surface area contributed by atoms with Crippen LogP contribution in [0.3, 0.4) is 0 Å². The molecule has 0 spiro atoms. The number of carboxylic acid groups (broad SMARTS) is 1. The van der Waals surface area contributed by atoms with Crippen LogP contribution in [-0.4, -0.2) is 17.0 Å². The number of hydrogen-bond donors (Lipinski definition) is 2.